The minimum atomic E-state index is 0.863. The Morgan fingerprint density at radius 3 is 1.33 bits per heavy atom. The molecule has 4 rings (SSSR count). The van der Waals surface area contributed by atoms with E-state index in [-0.39, 0.29) is 0 Å². The molecule has 0 saturated carbocycles. The maximum absolute atomic E-state index is 5.81. The van der Waals surface area contributed by atoms with Crippen molar-refractivity contribution in [3.05, 3.63) is 83.9 Å². The second-order valence-corrected chi connectivity index (χ2v) is 5.71. The largest absolute Gasteiger partial charge is 0.115 e. The minimum absolute atomic E-state index is 0.863. The van der Waals surface area contributed by atoms with Crippen LogP contribution in [0.5, 0.6) is 0 Å². The average Bonchev–Trinajstić information content (AvgIpc) is 2.66. The fourth-order valence-corrected chi connectivity index (χ4v) is 3.32. The molecule has 0 N–H and O–H groups in total. The Morgan fingerprint density at radius 1 is 0.500 bits per heavy atom. The second kappa shape index (κ2) is 5.62. The van der Waals surface area contributed by atoms with Crippen LogP contribution in [-0.2, 0) is 0 Å². The first-order valence-corrected chi connectivity index (χ1v) is 7.80. The van der Waals surface area contributed by atoms with E-state index in [9.17, 15) is 0 Å². The predicted molar refractivity (Wildman–Crippen MR) is 103 cm³/mol. The molecule has 0 radical (unpaired) electrons. The molecule has 0 heterocycles. The van der Waals surface area contributed by atoms with Gasteiger partial charge in [0.25, 0.3) is 0 Å². The van der Waals surface area contributed by atoms with Crippen molar-refractivity contribution in [1.29, 1.82) is 0 Å². The van der Waals surface area contributed by atoms with Crippen LogP contribution in [0.25, 0.3) is 32.7 Å². The molecule has 110 valence electrons. The van der Waals surface area contributed by atoms with Crippen LogP contribution < -0.4 is 0 Å². The van der Waals surface area contributed by atoms with Crippen molar-refractivity contribution in [3.8, 4) is 35.8 Å². The first kappa shape index (κ1) is 14.1. The summed E-state index contributed by atoms with van der Waals surface area (Å²) < 4.78 is 0. The molecule has 0 spiro atoms. The third-order valence-electron chi connectivity index (χ3n) is 4.42. The maximum atomic E-state index is 5.81. The summed E-state index contributed by atoms with van der Waals surface area (Å²) in [6.07, 6.45) is 11.6. The quantitative estimate of drug-likeness (QED) is 0.400. The lowest BCUT2D eigenvalue weighted by Gasteiger charge is -2.15. The van der Waals surface area contributed by atoms with Gasteiger partial charge < -0.3 is 0 Å². The molecule has 0 aliphatic rings. The molecule has 0 saturated heterocycles. The molecule has 4 aromatic rings. The van der Waals surface area contributed by atoms with Gasteiger partial charge >= 0.3 is 0 Å². The molecule has 0 atom stereocenters. The van der Waals surface area contributed by atoms with E-state index in [2.05, 4.69) is 48.2 Å². The summed E-state index contributed by atoms with van der Waals surface area (Å²) in [4.78, 5) is 0. The summed E-state index contributed by atoms with van der Waals surface area (Å²) in [5.74, 6) is 5.67. The number of hydrogen-bond acceptors (Lipinski definition) is 0. The minimum Gasteiger partial charge on any atom is -0.115 e. The average molecular weight is 302 g/mol. The van der Waals surface area contributed by atoms with Crippen molar-refractivity contribution >= 4 is 21.5 Å². The lowest BCUT2D eigenvalue weighted by atomic mass is 9.87. The Balaban J connectivity index is 2.26. The van der Waals surface area contributed by atoms with Crippen molar-refractivity contribution in [2.24, 2.45) is 0 Å². The monoisotopic (exact) mass is 302 g/mol. The molecular weight excluding hydrogens is 288 g/mol. The summed E-state index contributed by atoms with van der Waals surface area (Å²) in [6.45, 7) is 0. The molecule has 0 amide bonds. The number of rotatable bonds is 1. The molecular formula is C24H14. The van der Waals surface area contributed by atoms with Crippen LogP contribution in [-0.4, -0.2) is 0 Å². The van der Waals surface area contributed by atoms with E-state index < -0.39 is 0 Å². The van der Waals surface area contributed by atoms with Crippen LogP contribution in [0.1, 0.15) is 11.1 Å². The molecule has 0 heteroatoms. The summed E-state index contributed by atoms with van der Waals surface area (Å²) in [5, 5.41) is 4.56. The molecule has 0 fully saturated rings. The molecule has 0 unspecified atom stereocenters. The zero-order valence-corrected chi connectivity index (χ0v) is 13.1. The topological polar surface area (TPSA) is 0 Å². The first-order valence-electron chi connectivity index (χ1n) is 7.80. The summed E-state index contributed by atoms with van der Waals surface area (Å²) >= 11 is 0. The van der Waals surface area contributed by atoms with Gasteiger partial charge in [-0.3, -0.25) is 0 Å². The summed E-state index contributed by atoms with van der Waals surface area (Å²) in [6, 6.07) is 24.7. The smallest absolute Gasteiger partial charge is 0.0328 e. The Kier molecular flexibility index (Phi) is 3.31. The highest BCUT2D eigenvalue weighted by atomic mass is 14.2. The number of benzene rings is 4. The second-order valence-electron chi connectivity index (χ2n) is 5.71. The van der Waals surface area contributed by atoms with E-state index in [1.165, 1.54) is 0 Å². The maximum Gasteiger partial charge on any atom is 0.0328 e. The number of terminal acetylenes is 2. The first-order chi connectivity index (χ1) is 11.8. The van der Waals surface area contributed by atoms with E-state index in [1.807, 2.05) is 36.4 Å². The van der Waals surface area contributed by atoms with Crippen molar-refractivity contribution in [2.75, 3.05) is 0 Å². The van der Waals surface area contributed by atoms with Crippen molar-refractivity contribution in [1.82, 2.24) is 0 Å². The molecule has 4 aromatic carbocycles. The van der Waals surface area contributed by atoms with Gasteiger partial charge in [0.05, 0.1) is 0 Å². The highest BCUT2D eigenvalue weighted by molar-refractivity contribution is 6.09. The molecule has 0 bridgehead atoms. The standard InChI is InChI=1S/C24H14/c1-3-17-13-15-19-9-5-7-11-21(19)23(17)24-18(4-2)14-16-20-10-6-8-12-22(20)24/h1-2,5-16H. The number of fused-ring (bicyclic) bond motifs is 2. The van der Waals surface area contributed by atoms with Gasteiger partial charge in [0, 0.05) is 22.3 Å². The van der Waals surface area contributed by atoms with Gasteiger partial charge in [0.1, 0.15) is 0 Å². The highest BCUT2D eigenvalue weighted by Crippen LogP contribution is 2.38. The van der Waals surface area contributed by atoms with Crippen LogP contribution >= 0.6 is 0 Å². The number of hydrogen-bond donors (Lipinski definition) is 0. The van der Waals surface area contributed by atoms with Crippen molar-refractivity contribution in [3.63, 3.8) is 0 Å². The van der Waals surface area contributed by atoms with Crippen molar-refractivity contribution in [2.45, 2.75) is 0 Å². The summed E-state index contributed by atoms with van der Waals surface area (Å²) in [5.41, 5.74) is 3.81. The van der Waals surface area contributed by atoms with Gasteiger partial charge in [-0.15, -0.1) is 12.8 Å². The Labute approximate surface area is 141 Å². The SMILES string of the molecule is C#Cc1ccc2ccccc2c1-c1c(C#C)ccc2ccccc12. The van der Waals surface area contributed by atoms with E-state index in [1.54, 1.807) is 0 Å². The van der Waals surface area contributed by atoms with Crippen LogP contribution in [0.4, 0.5) is 0 Å². The van der Waals surface area contributed by atoms with Crippen molar-refractivity contribution < 1.29 is 0 Å². The van der Waals surface area contributed by atoms with Gasteiger partial charge in [0.15, 0.2) is 0 Å². The van der Waals surface area contributed by atoms with E-state index in [4.69, 9.17) is 12.8 Å². The lowest BCUT2D eigenvalue weighted by Crippen LogP contribution is -1.92. The highest BCUT2D eigenvalue weighted by Gasteiger charge is 2.15. The van der Waals surface area contributed by atoms with Gasteiger partial charge in [-0.05, 0) is 33.7 Å². The fourth-order valence-electron chi connectivity index (χ4n) is 3.32. The molecule has 0 aliphatic heterocycles. The zero-order chi connectivity index (χ0) is 16.5. The fraction of sp³-hybridized carbons (Fsp3) is 0. The third-order valence-corrected chi connectivity index (χ3v) is 4.42. The van der Waals surface area contributed by atoms with Crippen LogP contribution in [0.15, 0.2) is 72.8 Å². The third kappa shape index (κ3) is 2.06. The van der Waals surface area contributed by atoms with Crippen LogP contribution in [0, 0.1) is 24.7 Å². The Morgan fingerprint density at radius 2 is 0.917 bits per heavy atom. The summed E-state index contributed by atoms with van der Waals surface area (Å²) in [7, 11) is 0. The Bertz CT molecular complexity index is 1070. The van der Waals surface area contributed by atoms with Crippen LogP contribution in [0.3, 0.4) is 0 Å². The van der Waals surface area contributed by atoms with Gasteiger partial charge in [0.2, 0.25) is 0 Å². The van der Waals surface area contributed by atoms with E-state index >= 15 is 0 Å². The van der Waals surface area contributed by atoms with E-state index in [0.29, 0.717) is 0 Å². The molecule has 24 heavy (non-hydrogen) atoms. The lowest BCUT2D eigenvalue weighted by molar-refractivity contribution is 1.62. The van der Waals surface area contributed by atoms with E-state index in [0.717, 1.165) is 43.8 Å². The zero-order valence-electron chi connectivity index (χ0n) is 13.1. The molecule has 0 aliphatic carbocycles. The van der Waals surface area contributed by atoms with Gasteiger partial charge in [-0.25, -0.2) is 0 Å². The molecule has 0 aromatic heterocycles. The predicted octanol–water partition coefficient (Wildman–Crippen LogP) is 5.62. The Hall–Kier alpha value is -3.48. The normalized spacial score (nSPS) is 10.4. The van der Waals surface area contributed by atoms with Gasteiger partial charge in [-0.1, -0.05) is 72.5 Å². The van der Waals surface area contributed by atoms with Crippen LogP contribution in [0.2, 0.25) is 0 Å². The van der Waals surface area contributed by atoms with Gasteiger partial charge in [-0.2, -0.15) is 0 Å². The molecule has 0 nitrogen and oxygen atoms in total.